The van der Waals surface area contributed by atoms with Gasteiger partial charge in [-0.05, 0) is 12.1 Å². The molecule has 1 aliphatic heterocycles. The molecule has 1 saturated heterocycles. The largest absolute Gasteiger partial charge is 0.380 e. The molecule has 1 aliphatic rings. The number of pyridine rings is 1. The molecule has 2 aromatic heterocycles. The third kappa shape index (κ3) is 2.76. The number of para-hydroxylation sites is 1. The zero-order chi connectivity index (χ0) is 17.4. The van der Waals surface area contributed by atoms with Crippen LogP contribution < -0.4 is 0 Å². The van der Waals surface area contributed by atoms with Gasteiger partial charge in [-0.2, -0.15) is 0 Å². The zero-order valence-electron chi connectivity index (χ0n) is 14.2. The molecule has 1 fully saturated rings. The van der Waals surface area contributed by atoms with Gasteiger partial charge in [-0.25, -0.2) is 4.98 Å². The second-order valence-corrected chi connectivity index (χ2v) is 6.26. The summed E-state index contributed by atoms with van der Waals surface area (Å²) in [5, 5.41) is 9.14. The summed E-state index contributed by atoms with van der Waals surface area (Å²) in [7, 11) is 3.55. The Labute approximate surface area is 145 Å². The third-order valence-electron chi connectivity index (χ3n) is 4.72. The lowest BCUT2D eigenvalue weighted by Gasteiger charge is -2.23. The molecular weight excluding hydrogens is 318 g/mol. The van der Waals surface area contributed by atoms with E-state index in [0.717, 1.165) is 16.7 Å². The molecule has 0 saturated carbocycles. The van der Waals surface area contributed by atoms with Crippen molar-refractivity contribution < 1.29 is 9.53 Å². The zero-order valence-corrected chi connectivity index (χ0v) is 14.2. The van der Waals surface area contributed by atoms with Crippen LogP contribution >= 0.6 is 0 Å². The Balaban J connectivity index is 1.69. The predicted octanol–water partition coefficient (Wildman–Crippen LogP) is 1.97. The molecular formula is C18H19N5O2. The highest BCUT2D eigenvalue weighted by atomic mass is 16.5. The van der Waals surface area contributed by atoms with Crippen LogP contribution in [0.3, 0.4) is 0 Å². The number of hydrogen-bond acceptors (Lipinski definition) is 5. The third-order valence-corrected chi connectivity index (χ3v) is 4.72. The van der Waals surface area contributed by atoms with Crippen molar-refractivity contribution in [2.75, 3.05) is 13.7 Å². The highest BCUT2D eigenvalue weighted by Gasteiger charge is 2.39. The number of hydrogen-bond donors (Lipinski definition) is 0. The Morgan fingerprint density at radius 3 is 2.84 bits per heavy atom. The van der Waals surface area contributed by atoms with E-state index in [-0.39, 0.29) is 18.1 Å². The number of carbonyl (C=O) groups excluding carboxylic acids is 1. The van der Waals surface area contributed by atoms with E-state index in [1.54, 1.807) is 24.4 Å². The summed E-state index contributed by atoms with van der Waals surface area (Å²) >= 11 is 0. The number of likely N-dealkylation sites (tertiary alicyclic amines) is 1. The fourth-order valence-electron chi connectivity index (χ4n) is 3.36. The standard InChI is InChI=1S/C18H19N5O2/c1-22-11-19-21-17(22)16-9-13(25-2)10-23(16)18(24)15-8-7-12-5-3-4-6-14(12)20-15/h3-8,11,13,16H,9-10H2,1-2H3/t13-,16+/m1/s1. The van der Waals surface area contributed by atoms with Crippen molar-refractivity contribution in [1.29, 1.82) is 0 Å². The highest BCUT2D eigenvalue weighted by molar-refractivity contribution is 5.95. The molecule has 0 bridgehead atoms. The van der Waals surface area contributed by atoms with Crippen molar-refractivity contribution in [1.82, 2.24) is 24.6 Å². The molecule has 7 heteroatoms. The van der Waals surface area contributed by atoms with E-state index in [9.17, 15) is 4.79 Å². The maximum atomic E-state index is 13.1. The van der Waals surface area contributed by atoms with Gasteiger partial charge in [0.05, 0.1) is 17.7 Å². The Hall–Kier alpha value is -2.80. The van der Waals surface area contributed by atoms with Crippen LogP contribution in [-0.2, 0) is 11.8 Å². The lowest BCUT2D eigenvalue weighted by atomic mass is 10.1. The fraction of sp³-hybridized carbons (Fsp3) is 0.333. The Morgan fingerprint density at radius 2 is 2.08 bits per heavy atom. The van der Waals surface area contributed by atoms with E-state index >= 15 is 0 Å². The summed E-state index contributed by atoms with van der Waals surface area (Å²) in [5.74, 6) is 0.645. The van der Waals surface area contributed by atoms with Gasteiger partial charge in [0.2, 0.25) is 0 Å². The SMILES string of the molecule is CO[C@@H]1C[C@@H](c2nncn2C)N(C(=O)c2ccc3ccccc3n2)C1. The van der Waals surface area contributed by atoms with Crippen LogP contribution in [0.4, 0.5) is 0 Å². The summed E-state index contributed by atoms with van der Waals surface area (Å²) in [4.78, 5) is 19.4. The summed E-state index contributed by atoms with van der Waals surface area (Å²) in [5.41, 5.74) is 1.24. The molecule has 0 unspecified atom stereocenters. The molecule has 7 nitrogen and oxygen atoms in total. The lowest BCUT2D eigenvalue weighted by molar-refractivity contribution is 0.0677. The molecule has 3 aromatic rings. The van der Waals surface area contributed by atoms with Crippen LogP contribution in [0.25, 0.3) is 10.9 Å². The number of aromatic nitrogens is 4. The van der Waals surface area contributed by atoms with Gasteiger partial charge in [0.1, 0.15) is 12.0 Å². The van der Waals surface area contributed by atoms with Crippen molar-refractivity contribution in [3.8, 4) is 0 Å². The first kappa shape index (κ1) is 15.7. The van der Waals surface area contributed by atoms with Crippen molar-refractivity contribution >= 4 is 16.8 Å². The van der Waals surface area contributed by atoms with Gasteiger partial charge < -0.3 is 14.2 Å². The van der Waals surface area contributed by atoms with Crippen LogP contribution in [0.1, 0.15) is 28.8 Å². The van der Waals surface area contributed by atoms with Crippen molar-refractivity contribution in [3.63, 3.8) is 0 Å². The predicted molar refractivity (Wildman–Crippen MR) is 91.9 cm³/mol. The van der Waals surface area contributed by atoms with Gasteiger partial charge >= 0.3 is 0 Å². The van der Waals surface area contributed by atoms with E-state index in [1.165, 1.54) is 0 Å². The maximum absolute atomic E-state index is 13.1. The number of ether oxygens (including phenoxy) is 1. The number of aryl methyl sites for hydroxylation is 1. The first-order chi connectivity index (χ1) is 12.2. The molecule has 0 N–H and O–H groups in total. The van der Waals surface area contributed by atoms with Crippen molar-refractivity contribution in [3.05, 3.63) is 54.2 Å². The van der Waals surface area contributed by atoms with E-state index in [0.29, 0.717) is 18.7 Å². The molecule has 3 heterocycles. The Morgan fingerprint density at radius 1 is 1.24 bits per heavy atom. The maximum Gasteiger partial charge on any atom is 0.273 e. The molecule has 0 radical (unpaired) electrons. The van der Waals surface area contributed by atoms with E-state index in [1.807, 2.05) is 41.9 Å². The van der Waals surface area contributed by atoms with Gasteiger partial charge in [-0.15, -0.1) is 10.2 Å². The van der Waals surface area contributed by atoms with Crippen LogP contribution in [0, 0.1) is 0 Å². The smallest absolute Gasteiger partial charge is 0.273 e. The molecule has 128 valence electrons. The molecule has 25 heavy (non-hydrogen) atoms. The molecule has 0 spiro atoms. The number of methoxy groups -OCH3 is 1. The second kappa shape index (κ2) is 6.25. The summed E-state index contributed by atoms with van der Waals surface area (Å²) < 4.78 is 7.34. The second-order valence-electron chi connectivity index (χ2n) is 6.26. The van der Waals surface area contributed by atoms with E-state index < -0.39 is 0 Å². The van der Waals surface area contributed by atoms with Crippen LogP contribution in [0.2, 0.25) is 0 Å². The van der Waals surface area contributed by atoms with Gasteiger partial charge in [0, 0.05) is 32.5 Å². The monoisotopic (exact) mass is 337 g/mol. The van der Waals surface area contributed by atoms with Gasteiger partial charge in [0.15, 0.2) is 5.82 Å². The number of carbonyl (C=O) groups is 1. The highest BCUT2D eigenvalue weighted by Crippen LogP contribution is 2.33. The quantitative estimate of drug-likeness (QED) is 0.730. The minimum atomic E-state index is -0.168. The molecule has 2 atom stereocenters. The van der Waals surface area contributed by atoms with E-state index in [4.69, 9.17) is 4.74 Å². The first-order valence-corrected chi connectivity index (χ1v) is 8.21. The Kier molecular flexibility index (Phi) is 3.93. The number of rotatable bonds is 3. The average molecular weight is 337 g/mol. The van der Waals surface area contributed by atoms with Crippen LogP contribution in [0.5, 0.6) is 0 Å². The van der Waals surface area contributed by atoms with Crippen LogP contribution in [-0.4, -0.2) is 50.3 Å². The summed E-state index contributed by atoms with van der Waals surface area (Å²) in [6.07, 6.45) is 2.32. The van der Waals surface area contributed by atoms with E-state index in [2.05, 4.69) is 15.2 Å². The van der Waals surface area contributed by atoms with Crippen molar-refractivity contribution in [2.45, 2.75) is 18.6 Å². The number of amides is 1. The average Bonchev–Trinajstić information content (AvgIpc) is 3.26. The first-order valence-electron chi connectivity index (χ1n) is 8.21. The topological polar surface area (TPSA) is 73.1 Å². The molecule has 0 aliphatic carbocycles. The number of nitrogens with zero attached hydrogens (tertiary/aromatic N) is 5. The number of fused-ring (bicyclic) bond motifs is 1. The summed E-state index contributed by atoms with van der Waals surface area (Å²) in [6, 6.07) is 11.3. The fourth-order valence-corrected chi connectivity index (χ4v) is 3.36. The van der Waals surface area contributed by atoms with Crippen LogP contribution in [0.15, 0.2) is 42.7 Å². The van der Waals surface area contributed by atoms with Gasteiger partial charge in [0.25, 0.3) is 5.91 Å². The molecule has 1 aromatic carbocycles. The normalized spacial score (nSPS) is 20.3. The number of benzene rings is 1. The Bertz CT molecular complexity index is 922. The lowest BCUT2D eigenvalue weighted by Crippen LogP contribution is -2.33. The van der Waals surface area contributed by atoms with Gasteiger partial charge in [-0.3, -0.25) is 4.79 Å². The minimum Gasteiger partial charge on any atom is -0.380 e. The summed E-state index contributed by atoms with van der Waals surface area (Å²) in [6.45, 7) is 0.515. The van der Waals surface area contributed by atoms with Gasteiger partial charge in [-0.1, -0.05) is 24.3 Å². The molecule has 1 amide bonds. The minimum absolute atomic E-state index is 0.0221. The molecule has 4 rings (SSSR count). The van der Waals surface area contributed by atoms with Crippen molar-refractivity contribution in [2.24, 2.45) is 7.05 Å².